The first-order valence-corrected chi connectivity index (χ1v) is 6.00. The van der Waals surface area contributed by atoms with Crippen LogP contribution in [0.25, 0.3) is 0 Å². The molecule has 0 spiro atoms. The van der Waals surface area contributed by atoms with Gasteiger partial charge in [0.25, 0.3) is 0 Å². The van der Waals surface area contributed by atoms with Crippen LogP contribution in [0.1, 0.15) is 44.0 Å². The van der Waals surface area contributed by atoms with Crippen LogP contribution in [0.4, 0.5) is 0 Å². The van der Waals surface area contributed by atoms with E-state index >= 15 is 0 Å². The van der Waals surface area contributed by atoms with E-state index < -0.39 is 0 Å². The largest absolute Gasteiger partial charge is 0.493 e. The van der Waals surface area contributed by atoms with Crippen molar-refractivity contribution in [3.05, 3.63) is 29.8 Å². The molecule has 0 aliphatic rings. The molecule has 1 rings (SSSR count). The Labute approximate surface area is 97.6 Å². The van der Waals surface area contributed by atoms with Gasteiger partial charge in [-0.25, -0.2) is 0 Å². The van der Waals surface area contributed by atoms with Crippen LogP contribution in [0.15, 0.2) is 24.3 Å². The highest BCUT2D eigenvalue weighted by Gasteiger charge is 2.19. The molecule has 0 aromatic heterocycles. The smallest absolute Gasteiger partial charge is 0.169 e. The highest BCUT2D eigenvalue weighted by molar-refractivity contribution is 6.00. The molecule has 0 N–H and O–H groups in total. The van der Waals surface area contributed by atoms with Gasteiger partial charge in [-0.2, -0.15) is 0 Å². The third-order valence-corrected chi connectivity index (χ3v) is 2.81. The van der Waals surface area contributed by atoms with Gasteiger partial charge in [-0.15, -0.1) is 0 Å². The topological polar surface area (TPSA) is 26.3 Å². The Morgan fingerprint density at radius 2 is 1.81 bits per heavy atom. The van der Waals surface area contributed by atoms with Gasteiger partial charge in [0.05, 0.1) is 12.2 Å². The molecule has 0 radical (unpaired) electrons. The van der Waals surface area contributed by atoms with Crippen LogP contribution in [0.5, 0.6) is 5.75 Å². The Kier molecular flexibility index (Phi) is 5.03. The summed E-state index contributed by atoms with van der Waals surface area (Å²) in [5, 5.41) is 0. The Morgan fingerprint density at radius 1 is 1.19 bits per heavy atom. The lowest BCUT2D eigenvalue weighted by atomic mass is 9.92. The minimum Gasteiger partial charge on any atom is -0.493 e. The average Bonchev–Trinajstić information content (AvgIpc) is 2.31. The van der Waals surface area contributed by atoms with Crippen molar-refractivity contribution < 1.29 is 9.53 Å². The summed E-state index contributed by atoms with van der Waals surface area (Å²) >= 11 is 0. The van der Waals surface area contributed by atoms with Gasteiger partial charge in [0.1, 0.15) is 5.75 Å². The van der Waals surface area contributed by atoms with Crippen molar-refractivity contribution >= 4 is 5.78 Å². The van der Waals surface area contributed by atoms with E-state index in [0.717, 1.165) is 18.4 Å². The van der Waals surface area contributed by atoms with Gasteiger partial charge in [0, 0.05) is 5.92 Å². The van der Waals surface area contributed by atoms with Crippen molar-refractivity contribution in [1.82, 2.24) is 0 Å². The molecule has 0 heterocycles. The number of para-hydroxylation sites is 1. The molecule has 1 aromatic rings. The van der Waals surface area contributed by atoms with E-state index in [1.807, 2.05) is 31.2 Å². The predicted octanol–water partition coefficient (Wildman–Crippen LogP) is 3.70. The third-order valence-electron chi connectivity index (χ3n) is 2.81. The number of ether oxygens (including phenoxy) is 1. The normalized spacial score (nSPS) is 10.5. The minimum absolute atomic E-state index is 0.113. The maximum Gasteiger partial charge on any atom is 0.169 e. The molecule has 0 bridgehead atoms. The highest BCUT2D eigenvalue weighted by Crippen LogP contribution is 2.24. The van der Waals surface area contributed by atoms with Crippen LogP contribution in [0.2, 0.25) is 0 Å². The van der Waals surface area contributed by atoms with Gasteiger partial charge in [-0.1, -0.05) is 26.0 Å². The zero-order chi connectivity index (χ0) is 12.0. The lowest BCUT2D eigenvalue weighted by molar-refractivity contribution is 0.0909. The number of Topliss-reactive ketones (excluding diaryl/α,β-unsaturated/α-hetero) is 1. The summed E-state index contributed by atoms with van der Waals surface area (Å²) in [5.74, 6) is 1.03. The molecular weight excluding hydrogens is 200 g/mol. The van der Waals surface area contributed by atoms with E-state index in [0.29, 0.717) is 12.4 Å². The van der Waals surface area contributed by atoms with E-state index in [1.165, 1.54) is 0 Å². The summed E-state index contributed by atoms with van der Waals surface area (Å²) in [6.07, 6.45) is 1.77. The van der Waals surface area contributed by atoms with Gasteiger partial charge in [-0.3, -0.25) is 4.79 Å². The number of rotatable bonds is 6. The summed E-state index contributed by atoms with van der Waals surface area (Å²) in [4.78, 5) is 12.2. The summed E-state index contributed by atoms with van der Waals surface area (Å²) in [6, 6.07) is 7.50. The fourth-order valence-corrected chi connectivity index (χ4v) is 1.83. The molecule has 16 heavy (non-hydrogen) atoms. The van der Waals surface area contributed by atoms with E-state index in [9.17, 15) is 4.79 Å². The first-order valence-electron chi connectivity index (χ1n) is 6.00. The Bertz CT molecular complexity index is 340. The third kappa shape index (κ3) is 2.84. The van der Waals surface area contributed by atoms with Gasteiger partial charge < -0.3 is 4.74 Å². The molecule has 0 amide bonds. The van der Waals surface area contributed by atoms with E-state index in [1.54, 1.807) is 0 Å². The Hall–Kier alpha value is -1.31. The van der Waals surface area contributed by atoms with Crippen molar-refractivity contribution in [2.45, 2.75) is 33.6 Å². The van der Waals surface area contributed by atoms with Gasteiger partial charge >= 0.3 is 0 Å². The van der Waals surface area contributed by atoms with Crippen molar-refractivity contribution in [2.75, 3.05) is 6.61 Å². The zero-order valence-electron chi connectivity index (χ0n) is 10.3. The predicted molar refractivity (Wildman–Crippen MR) is 66.0 cm³/mol. The molecule has 2 heteroatoms. The van der Waals surface area contributed by atoms with Crippen LogP contribution >= 0.6 is 0 Å². The molecule has 0 aliphatic carbocycles. The maximum atomic E-state index is 12.2. The molecule has 88 valence electrons. The lowest BCUT2D eigenvalue weighted by Gasteiger charge is -2.14. The van der Waals surface area contributed by atoms with Crippen molar-refractivity contribution in [2.24, 2.45) is 5.92 Å². The maximum absolute atomic E-state index is 12.2. The monoisotopic (exact) mass is 220 g/mol. The van der Waals surface area contributed by atoms with Crippen LogP contribution in [0, 0.1) is 5.92 Å². The second-order valence-electron chi connectivity index (χ2n) is 3.81. The molecule has 0 saturated carbocycles. The molecule has 0 aliphatic heterocycles. The fourth-order valence-electron chi connectivity index (χ4n) is 1.83. The number of carbonyl (C=O) groups is 1. The second kappa shape index (κ2) is 6.31. The summed E-state index contributed by atoms with van der Waals surface area (Å²) in [5.41, 5.74) is 0.720. The number of ketones is 1. The molecule has 0 saturated heterocycles. The van der Waals surface area contributed by atoms with E-state index in [2.05, 4.69) is 13.8 Å². The minimum atomic E-state index is 0.113. The highest BCUT2D eigenvalue weighted by atomic mass is 16.5. The van der Waals surface area contributed by atoms with Crippen molar-refractivity contribution in [3.63, 3.8) is 0 Å². The summed E-state index contributed by atoms with van der Waals surface area (Å²) in [6.45, 7) is 6.62. The van der Waals surface area contributed by atoms with E-state index in [4.69, 9.17) is 4.74 Å². The zero-order valence-corrected chi connectivity index (χ0v) is 10.3. The number of hydrogen-bond acceptors (Lipinski definition) is 2. The molecule has 0 unspecified atom stereocenters. The number of carbonyl (C=O) groups excluding carboxylic acids is 1. The van der Waals surface area contributed by atoms with Crippen LogP contribution < -0.4 is 4.74 Å². The van der Waals surface area contributed by atoms with Crippen molar-refractivity contribution in [1.29, 1.82) is 0 Å². The van der Waals surface area contributed by atoms with Crippen LogP contribution in [-0.2, 0) is 0 Å². The first kappa shape index (κ1) is 12.8. The number of hydrogen-bond donors (Lipinski definition) is 0. The van der Waals surface area contributed by atoms with Gasteiger partial charge in [0.15, 0.2) is 5.78 Å². The van der Waals surface area contributed by atoms with Gasteiger partial charge in [0.2, 0.25) is 0 Å². The molecule has 2 nitrogen and oxygen atoms in total. The van der Waals surface area contributed by atoms with Crippen LogP contribution in [0.3, 0.4) is 0 Å². The van der Waals surface area contributed by atoms with Crippen molar-refractivity contribution in [3.8, 4) is 5.75 Å². The number of benzene rings is 1. The fraction of sp³-hybridized carbons (Fsp3) is 0.500. The standard InChI is InChI=1S/C14H20O2/c1-4-11(5-2)14(15)12-9-7-8-10-13(12)16-6-3/h7-11H,4-6H2,1-3H3. The van der Waals surface area contributed by atoms with Gasteiger partial charge in [-0.05, 0) is 31.9 Å². The quantitative estimate of drug-likeness (QED) is 0.683. The summed E-state index contributed by atoms with van der Waals surface area (Å²) < 4.78 is 5.48. The average molecular weight is 220 g/mol. The Morgan fingerprint density at radius 3 is 2.38 bits per heavy atom. The first-order chi connectivity index (χ1) is 7.74. The SMILES string of the molecule is CCOc1ccccc1C(=O)C(CC)CC. The van der Waals surface area contributed by atoms with Crippen LogP contribution in [-0.4, -0.2) is 12.4 Å². The van der Waals surface area contributed by atoms with E-state index in [-0.39, 0.29) is 11.7 Å². The summed E-state index contributed by atoms with van der Waals surface area (Å²) in [7, 11) is 0. The molecule has 0 atom stereocenters. The Balaban J connectivity index is 2.97. The second-order valence-corrected chi connectivity index (χ2v) is 3.81. The molecule has 1 aromatic carbocycles. The molecular formula is C14H20O2. The molecule has 0 fully saturated rings. The lowest BCUT2D eigenvalue weighted by Crippen LogP contribution is -2.14.